The molecule has 1 aliphatic rings. The normalized spacial score (nSPS) is 14.6. The number of thiazole rings is 1. The Hall–Kier alpha value is -3.04. The second-order valence-corrected chi connectivity index (χ2v) is 10.8. The van der Waals surface area contributed by atoms with Crippen LogP contribution in [-0.2, 0) is 26.3 Å². The summed E-state index contributed by atoms with van der Waals surface area (Å²) in [5.41, 5.74) is 3.97. The Morgan fingerprint density at radius 1 is 1.23 bits per heavy atom. The quantitative estimate of drug-likeness (QED) is 0.504. The molecule has 1 fully saturated rings. The van der Waals surface area contributed by atoms with Crippen molar-refractivity contribution in [2.45, 2.75) is 52.5 Å². The maximum atomic E-state index is 12.5. The van der Waals surface area contributed by atoms with Crippen LogP contribution in [-0.4, -0.2) is 46.3 Å². The van der Waals surface area contributed by atoms with E-state index >= 15 is 0 Å². The number of nitrogens with one attached hydrogen (secondary N) is 2. The van der Waals surface area contributed by atoms with Gasteiger partial charge in [0, 0.05) is 43.3 Å². The molecule has 0 saturated carbocycles. The molecule has 1 aliphatic heterocycles. The van der Waals surface area contributed by atoms with Crippen molar-refractivity contribution in [3.8, 4) is 21.8 Å². The van der Waals surface area contributed by atoms with Crippen molar-refractivity contribution in [3.05, 3.63) is 41.5 Å². The number of carbonyl (C=O) groups is 2. The lowest BCUT2D eigenvalue weighted by atomic mass is 10.0. The van der Waals surface area contributed by atoms with Crippen LogP contribution in [0.2, 0.25) is 0 Å². The number of aromatic nitrogens is 3. The van der Waals surface area contributed by atoms with Crippen LogP contribution < -0.4 is 10.6 Å². The summed E-state index contributed by atoms with van der Waals surface area (Å²) in [5, 5.41) is 13.3. The molecule has 2 aromatic heterocycles. The van der Waals surface area contributed by atoms with Crippen molar-refractivity contribution < 1.29 is 14.3 Å². The second kappa shape index (κ2) is 10.7. The number of hydrogen-bond donors (Lipinski definition) is 2. The van der Waals surface area contributed by atoms with E-state index in [0.717, 1.165) is 59.3 Å². The zero-order valence-electron chi connectivity index (χ0n) is 20.8. The zero-order valence-corrected chi connectivity index (χ0v) is 21.6. The Balaban J connectivity index is 1.56. The second-order valence-electron chi connectivity index (χ2n) is 9.93. The molecule has 2 amide bonds. The number of ether oxygens (including phenoxy) is 1. The first kappa shape index (κ1) is 25.1. The summed E-state index contributed by atoms with van der Waals surface area (Å²) in [6, 6.07) is 7.73. The summed E-state index contributed by atoms with van der Waals surface area (Å²) in [6.45, 7) is 10.0. The molecular weight excluding hydrogens is 462 g/mol. The summed E-state index contributed by atoms with van der Waals surface area (Å²) in [5.74, 6) is 0.353. The fourth-order valence-corrected chi connectivity index (χ4v) is 5.02. The summed E-state index contributed by atoms with van der Waals surface area (Å²) in [7, 11) is 0. The molecule has 0 atom stereocenters. The monoisotopic (exact) mass is 495 g/mol. The molecule has 186 valence electrons. The number of benzene rings is 1. The number of nitrogens with zero attached hydrogens (tertiary/aromatic N) is 3. The number of rotatable bonds is 7. The Morgan fingerprint density at radius 2 is 2.00 bits per heavy atom. The van der Waals surface area contributed by atoms with E-state index < -0.39 is 0 Å². The third-order valence-corrected chi connectivity index (χ3v) is 6.84. The Morgan fingerprint density at radius 3 is 2.71 bits per heavy atom. The fourth-order valence-electron chi connectivity index (χ4n) is 4.19. The number of amides is 2. The minimum atomic E-state index is -0.262. The summed E-state index contributed by atoms with van der Waals surface area (Å²) < 4.78 is 7.37. The smallest absolute Gasteiger partial charge is 0.226 e. The van der Waals surface area contributed by atoms with E-state index in [9.17, 15) is 9.59 Å². The van der Waals surface area contributed by atoms with Gasteiger partial charge < -0.3 is 15.4 Å². The number of hydrogen-bond acceptors (Lipinski definition) is 6. The lowest BCUT2D eigenvalue weighted by Gasteiger charge is -2.23. The van der Waals surface area contributed by atoms with Gasteiger partial charge in [0.25, 0.3) is 0 Å². The first-order valence-corrected chi connectivity index (χ1v) is 12.8. The first-order valence-electron chi connectivity index (χ1n) is 12.0. The predicted octanol–water partition coefficient (Wildman–Crippen LogP) is 4.47. The van der Waals surface area contributed by atoms with Crippen molar-refractivity contribution in [2.75, 3.05) is 25.1 Å². The molecule has 0 bridgehead atoms. The van der Waals surface area contributed by atoms with Gasteiger partial charge in [-0.2, -0.15) is 5.10 Å². The van der Waals surface area contributed by atoms with Gasteiger partial charge in [-0.3, -0.25) is 14.3 Å². The van der Waals surface area contributed by atoms with Gasteiger partial charge >= 0.3 is 0 Å². The third-order valence-electron chi connectivity index (χ3n) is 5.91. The Bertz CT molecular complexity index is 1190. The molecule has 35 heavy (non-hydrogen) atoms. The molecule has 2 N–H and O–H groups in total. The van der Waals surface area contributed by atoms with Crippen LogP contribution in [0.25, 0.3) is 21.8 Å². The standard InChI is InChI=1S/C26H33N5O3S/c1-17(32)29-20-7-5-6-19(12-20)24-22(15-28-31(24)26(2,3)4)25-30-21(16-35-25)13-23(33)27-14-18-8-10-34-11-9-18/h5-7,12,15-16,18H,8-11,13-14H2,1-4H3,(H,27,33)(H,29,32). The van der Waals surface area contributed by atoms with Crippen LogP contribution in [0.4, 0.5) is 5.69 Å². The van der Waals surface area contributed by atoms with E-state index in [4.69, 9.17) is 9.72 Å². The maximum absolute atomic E-state index is 12.5. The van der Waals surface area contributed by atoms with Crippen molar-refractivity contribution >= 4 is 28.8 Å². The van der Waals surface area contributed by atoms with Crippen LogP contribution in [0.5, 0.6) is 0 Å². The van der Waals surface area contributed by atoms with E-state index in [1.165, 1.54) is 18.3 Å². The largest absolute Gasteiger partial charge is 0.381 e. The van der Waals surface area contributed by atoms with Crippen LogP contribution in [0.15, 0.2) is 35.8 Å². The van der Waals surface area contributed by atoms with Crippen LogP contribution in [0.1, 0.15) is 46.2 Å². The summed E-state index contributed by atoms with van der Waals surface area (Å²) in [6.07, 6.45) is 4.07. The molecule has 8 nitrogen and oxygen atoms in total. The molecule has 0 aliphatic carbocycles. The SMILES string of the molecule is CC(=O)Nc1cccc(-c2c(-c3nc(CC(=O)NCC4CCOCC4)cs3)cnn2C(C)(C)C)c1. The van der Waals surface area contributed by atoms with Gasteiger partial charge in [-0.1, -0.05) is 12.1 Å². The van der Waals surface area contributed by atoms with Gasteiger partial charge in [0.15, 0.2) is 0 Å². The molecule has 3 aromatic rings. The predicted molar refractivity (Wildman–Crippen MR) is 138 cm³/mol. The molecule has 3 heterocycles. The average Bonchev–Trinajstić information content (AvgIpc) is 3.45. The zero-order chi connectivity index (χ0) is 25.0. The van der Waals surface area contributed by atoms with Gasteiger partial charge in [0.05, 0.1) is 35.1 Å². The summed E-state index contributed by atoms with van der Waals surface area (Å²) >= 11 is 1.51. The van der Waals surface area contributed by atoms with Gasteiger partial charge in [0.1, 0.15) is 5.01 Å². The van der Waals surface area contributed by atoms with E-state index in [2.05, 4.69) is 36.5 Å². The van der Waals surface area contributed by atoms with E-state index in [1.807, 2.05) is 40.5 Å². The molecule has 4 rings (SSSR count). The minimum absolute atomic E-state index is 0.0121. The van der Waals surface area contributed by atoms with Crippen molar-refractivity contribution in [2.24, 2.45) is 5.92 Å². The van der Waals surface area contributed by atoms with Gasteiger partial charge in [0.2, 0.25) is 11.8 Å². The number of anilines is 1. The Kier molecular flexibility index (Phi) is 7.66. The Labute approximate surface area is 210 Å². The van der Waals surface area contributed by atoms with Gasteiger partial charge in [-0.25, -0.2) is 4.98 Å². The topological polar surface area (TPSA) is 98.1 Å². The molecule has 0 radical (unpaired) electrons. The van der Waals surface area contributed by atoms with Crippen LogP contribution >= 0.6 is 11.3 Å². The summed E-state index contributed by atoms with van der Waals surface area (Å²) in [4.78, 5) is 28.9. The fraction of sp³-hybridized carbons (Fsp3) is 0.462. The molecule has 1 saturated heterocycles. The van der Waals surface area contributed by atoms with E-state index in [-0.39, 0.29) is 23.8 Å². The highest BCUT2D eigenvalue weighted by Gasteiger charge is 2.25. The third kappa shape index (κ3) is 6.35. The van der Waals surface area contributed by atoms with E-state index in [0.29, 0.717) is 12.5 Å². The first-order chi connectivity index (χ1) is 16.7. The van der Waals surface area contributed by atoms with Crippen molar-refractivity contribution in [3.63, 3.8) is 0 Å². The van der Waals surface area contributed by atoms with Crippen LogP contribution in [0, 0.1) is 5.92 Å². The van der Waals surface area contributed by atoms with Gasteiger partial charge in [-0.05, 0) is 51.7 Å². The highest BCUT2D eigenvalue weighted by Crippen LogP contribution is 2.37. The van der Waals surface area contributed by atoms with E-state index in [1.54, 1.807) is 0 Å². The highest BCUT2D eigenvalue weighted by molar-refractivity contribution is 7.13. The lowest BCUT2D eigenvalue weighted by Crippen LogP contribution is -2.33. The minimum Gasteiger partial charge on any atom is -0.381 e. The lowest BCUT2D eigenvalue weighted by molar-refractivity contribution is -0.120. The van der Waals surface area contributed by atoms with Crippen LogP contribution in [0.3, 0.4) is 0 Å². The maximum Gasteiger partial charge on any atom is 0.226 e. The molecule has 1 aromatic carbocycles. The molecule has 9 heteroatoms. The van der Waals surface area contributed by atoms with Crippen molar-refractivity contribution in [1.29, 1.82) is 0 Å². The molecule has 0 spiro atoms. The molecule has 0 unspecified atom stereocenters. The van der Waals surface area contributed by atoms with Crippen molar-refractivity contribution in [1.82, 2.24) is 20.1 Å². The van der Waals surface area contributed by atoms with Gasteiger partial charge in [-0.15, -0.1) is 11.3 Å². The number of carbonyl (C=O) groups excluding carboxylic acids is 2. The highest BCUT2D eigenvalue weighted by atomic mass is 32.1. The molecular formula is C26H33N5O3S. The average molecular weight is 496 g/mol.